The van der Waals surface area contributed by atoms with Crippen molar-refractivity contribution in [2.75, 3.05) is 19.6 Å². The Morgan fingerprint density at radius 2 is 2.04 bits per heavy atom. The molecule has 2 aliphatic heterocycles. The molecule has 1 aromatic rings. The zero-order chi connectivity index (χ0) is 16.9. The van der Waals surface area contributed by atoms with Crippen molar-refractivity contribution in [2.24, 2.45) is 5.92 Å². The smallest absolute Gasteiger partial charge is 0.222 e. The van der Waals surface area contributed by atoms with E-state index in [0.29, 0.717) is 29.3 Å². The minimum Gasteiger partial charge on any atom is -0.339 e. The molecule has 0 radical (unpaired) electrons. The average molecular weight is 389 g/mol. The highest BCUT2D eigenvalue weighted by Crippen LogP contribution is 2.28. The number of hydrogen-bond acceptors (Lipinski definition) is 2. The van der Waals surface area contributed by atoms with Crippen molar-refractivity contribution < 1.29 is 9.18 Å². The molecule has 0 saturated carbocycles. The molecule has 1 N–H and O–H groups in total. The Labute approximate surface area is 160 Å². The van der Waals surface area contributed by atoms with Gasteiger partial charge in [-0.15, -0.1) is 12.4 Å². The number of carbonyl (C=O) groups excluding carboxylic acids is 1. The van der Waals surface area contributed by atoms with Crippen LogP contribution in [0, 0.1) is 11.7 Å². The van der Waals surface area contributed by atoms with Gasteiger partial charge in [0.05, 0.1) is 0 Å². The highest BCUT2D eigenvalue weighted by Gasteiger charge is 2.30. The number of nitrogens with zero attached hydrogens (tertiary/aromatic N) is 1. The third-order valence-corrected chi connectivity index (χ3v) is 5.78. The summed E-state index contributed by atoms with van der Waals surface area (Å²) in [4.78, 5) is 14.6. The third-order valence-electron chi connectivity index (χ3n) is 5.42. The van der Waals surface area contributed by atoms with E-state index in [1.54, 1.807) is 12.1 Å². The predicted molar refractivity (Wildman–Crippen MR) is 102 cm³/mol. The predicted octanol–water partition coefficient (Wildman–Crippen LogP) is 4.21. The number of rotatable bonds is 5. The molecule has 6 heteroatoms. The fraction of sp³-hybridized carbons (Fsp3) is 0.632. The monoisotopic (exact) mass is 388 g/mol. The van der Waals surface area contributed by atoms with E-state index in [1.165, 1.54) is 18.9 Å². The Kier molecular flexibility index (Phi) is 7.98. The summed E-state index contributed by atoms with van der Waals surface area (Å²) < 4.78 is 14.0. The first kappa shape index (κ1) is 20.5. The Balaban J connectivity index is 0.00000225. The molecule has 2 saturated heterocycles. The highest BCUT2D eigenvalue weighted by molar-refractivity contribution is 6.31. The van der Waals surface area contributed by atoms with Gasteiger partial charge in [0.1, 0.15) is 5.82 Å². The average Bonchev–Trinajstić information content (AvgIpc) is 3.05. The molecule has 0 aliphatic carbocycles. The number of hydrogen-bond donors (Lipinski definition) is 1. The van der Waals surface area contributed by atoms with E-state index in [4.69, 9.17) is 11.6 Å². The first-order valence-electron chi connectivity index (χ1n) is 9.08. The first-order chi connectivity index (χ1) is 11.6. The molecular formula is C19H27Cl2FN2O. The molecule has 1 atom stereocenters. The van der Waals surface area contributed by atoms with E-state index < -0.39 is 0 Å². The molecule has 2 aliphatic rings. The van der Waals surface area contributed by atoms with E-state index in [-0.39, 0.29) is 30.2 Å². The summed E-state index contributed by atoms with van der Waals surface area (Å²) >= 11 is 6.15. The molecule has 2 heterocycles. The Bertz CT molecular complexity index is 558. The van der Waals surface area contributed by atoms with Crippen LogP contribution in [0.5, 0.6) is 0 Å². The zero-order valence-corrected chi connectivity index (χ0v) is 16.0. The molecule has 0 spiro atoms. The molecule has 25 heavy (non-hydrogen) atoms. The van der Waals surface area contributed by atoms with Crippen molar-refractivity contribution in [3.05, 3.63) is 34.6 Å². The van der Waals surface area contributed by atoms with E-state index in [9.17, 15) is 9.18 Å². The number of benzene rings is 1. The first-order valence-corrected chi connectivity index (χ1v) is 9.46. The standard InChI is InChI=1S/C19H26ClFN2O.ClH/c20-17-4-1-5-18(21)16(17)13-15-3-2-12-23(15)19(24)7-6-14-8-10-22-11-9-14;/h1,4-5,14-15,22H,2-3,6-13H2;1H. The minimum atomic E-state index is -0.267. The normalized spacial score (nSPS) is 21.2. The van der Waals surface area contributed by atoms with E-state index in [0.717, 1.165) is 38.9 Å². The van der Waals surface area contributed by atoms with Gasteiger partial charge in [0.2, 0.25) is 5.91 Å². The van der Waals surface area contributed by atoms with Gasteiger partial charge in [-0.3, -0.25) is 4.79 Å². The van der Waals surface area contributed by atoms with Gasteiger partial charge in [-0.05, 0) is 69.7 Å². The van der Waals surface area contributed by atoms with Crippen molar-refractivity contribution in [1.82, 2.24) is 10.2 Å². The van der Waals surface area contributed by atoms with Crippen molar-refractivity contribution in [3.8, 4) is 0 Å². The molecule has 0 aromatic heterocycles. The van der Waals surface area contributed by atoms with Gasteiger partial charge in [0.25, 0.3) is 0 Å². The summed E-state index contributed by atoms with van der Waals surface area (Å²) in [6.45, 7) is 2.93. The van der Waals surface area contributed by atoms with Gasteiger partial charge in [-0.2, -0.15) is 0 Å². The molecule has 140 valence electrons. The topological polar surface area (TPSA) is 32.3 Å². The van der Waals surface area contributed by atoms with Crippen LogP contribution in [0.4, 0.5) is 4.39 Å². The van der Waals surface area contributed by atoms with E-state index in [1.807, 2.05) is 4.90 Å². The lowest BCUT2D eigenvalue weighted by atomic mass is 9.93. The van der Waals surface area contributed by atoms with Gasteiger partial charge in [0.15, 0.2) is 0 Å². The lowest BCUT2D eigenvalue weighted by molar-refractivity contribution is -0.132. The van der Waals surface area contributed by atoms with E-state index >= 15 is 0 Å². The Morgan fingerprint density at radius 3 is 2.76 bits per heavy atom. The fourth-order valence-electron chi connectivity index (χ4n) is 3.98. The molecular weight excluding hydrogens is 362 g/mol. The maximum absolute atomic E-state index is 14.0. The maximum Gasteiger partial charge on any atom is 0.222 e. The van der Waals surface area contributed by atoms with Crippen LogP contribution in [-0.2, 0) is 11.2 Å². The van der Waals surface area contributed by atoms with Crippen LogP contribution in [0.1, 0.15) is 44.1 Å². The second kappa shape index (κ2) is 9.75. The SMILES string of the molecule is Cl.O=C(CCC1CCNCC1)N1CCCC1Cc1c(F)cccc1Cl. The van der Waals surface area contributed by atoms with Gasteiger partial charge in [-0.25, -0.2) is 4.39 Å². The van der Waals surface area contributed by atoms with Gasteiger partial charge in [-0.1, -0.05) is 17.7 Å². The Hall–Kier alpha value is -0.840. The van der Waals surface area contributed by atoms with Gasteiger partial charge in [0, 0.05) is 29.6 Å². The molecule has 1 amide bonds. The minimum absolute atomic E-state index is 0. The second-order valence-electron chi connectivity index (χ2n) is 7.02. The second-order valence-corrected chi connectivity index (χ2v) is 7.43. The van der Waals surface area contributed by atoms with E-state index in [2.05, 4.69) is 5.32 Å². The van der Waals surface area contributed by atoms with Gasteiger partial charge >= 0.3 is 0 Å². The molecule has 0 bridgehead atoms. The largest absolute Gasteiger partial charge is 0.339 e. The third kappa shape index (κ3) is 5.32. The van der Waals surface area contributed by atoms with Crippen LogP contribution in [0.3, 0.4) is 0 Å². The van der Waals surface area contributed by atoms with Crippen LogP contribution < -0.4 is 5.32 Å². The molecule has 3 nitrogen and oxygen atoms in total. The van der Waals surface area contributed by atoms with Crippen molar-refractivity contribution in [3.63, 3.8) is 0 Å². The van der Waals surface area contributed by atoms with Crippen LogP contribution >= 0.6 is 24.0 Å². The number of halogens is 3. The molecule has 3 rings (SSSR count). The zero-order valence-electron chi connectivity index (χ0n) is 14.5. The van der Waals surface area contributed by atoms with Crippen LogP contribution in [0.2, 0.25) is 5.02 Å². The summed E-state index contributed by atoms with van der Waals surface area (Å²) in [5.74, 6) is 0.622. The number of amides is 1. The highest BCUT2D eigenvalue weighted by atomic mass is 35.5. The lowest BCUT2D eigenvalue weighted by Crippen LogP contribution is -2.37. The molecule has 1 aromatic carbocycles. The Morgan fingerprint density at radius 1 is 1.28 bits per heavy atom. The van der Waals surface area contributed by atoms with Crippen LogP contribution in [0.15, 0.2) is 18.2 Å². The van der Waals surface area contributed by atoms with Crippen LogP contribution in [0.25, 0.3) is 0 Å². The summed E-state index contributed by atoms with van der Waals surface area (Å²) in [5.41, 5.74) is 0.544. The molecule has 1 unspecified atom stereocenters. The maximum atomic E-state index is 14.0. The summed E-state index contributed by atoms with van der Waals surface area (Å²) in [7, 11) is 0. The lowest BCUT2D eigenvalue weighted by Gasteiger charge is -2.27. The summed E-state index contributed by atoms with van der Waals surface area (Å²) in [5, 5.41) is 3.82. The number of piperidine rings is 1. The van der Waals surface area contributed by atoms with Crippen molar-refractivity contribution >= 4 is 29.9 Å². The van der Waals surface area contributed by atoms with Crippen molar-refractivity contribution in [1.29, 1.82) is 0 Å². The quantitative estimate of drug-likeness (QED) is 0.818. The number of likely N-dealkylation sites (tertiary alicyclic amines) is 1. The number of nitrogens with one attached hydrogen (secondary N) is 1. The van der Waals surface area contributed by atoms with Crippen LogP contribution in [-0.4, -0.2) is 36.5 Å². The summed E-state index contributed by atoms with van der Waals surface area (Å²) in [6, 6.07) is 4.87. The summed E-state index contributed by atoms with van der Waals surface area (Å²) in [6.07, 6.45) is 6.38. The number of carbonyl (C=O) groups is 1. The van der Waals surface area contributed by atoms with Crippen molar-refractivity contribution in [2.45, 2.75) is 51.0 Å². The fourth-order valence-corrected chi connectivity index (χ4v) is 4.22. The van der Waals surface area contributed by atoms with Gasteiger partial charge < -0.3 is 10.2 Å². The molecule has 2 fully saturated rings.